The molecule has 0 unspecified atom stereocenters. The first-order valence-corrected chi connectivity index (χ1v) is 5.50. The minimum Gasteiger partial charge on any atom is -0.508 e. The Morgan fingerprint density at radius 1 is 1.22 bits per heavy atom. The molecule has 0 atom stereocenters. The summed E-state index contributed by atoms with van der Waals surface area (Å²) in [6, 6.07) is 3.67. The van der Waals surface area contributed by atoms with Crippen molar-refractivity contribution in [2.24, 2.45) is 0 Å². The van der Waals surface area contributed by atoms with E-state index in [2.05, 4.69) is 0 Å². The van der Waals surface area contributed by atoms with Crippen LogP contribution in [0.1, 0.15) is 10.4 Å². The number of methoxy groups -OCH3 is 1. The van der Waals surface area contributed by atoms with Crippen molar-refractivity contribution in [3.63, 3.8) is 0 Å². The number of aliphatic hydroxyl groups is 1. The highest BCUT2D eigenvalue weighted by Gasteiger charge is 2.16. The van der Waals surface area contributed by atoms with Crippen molar-refractivity contribution < 1.29 is 24.9 Å². The summed E-state index contributed by atoms with van der Waals surface area (Å²) in [6.45, 7) is 0.668. The predicted molar refractivity (Wildman–Crippen MR) is 64.6 cm³/mol. The highest BCUT2D eigenvalue weighted by molar-refractivity contribution is 5.95. The molecule has 0 bridgehead atoms. The summed E-state index contributed by atoms with van der Waals surface area (Å²) >= 11 is 0. The molecule has 0 saturated carbocycles. The second-order valence-electron chi connectivity index (χ2n) is 3.75. The molecule has 0 radical (unpaired) electrons. The minimum absolute atomic E-state index is 0.164. The standard InChI is InChI=1S/C12H17NO5/c1-18-5-3-13(2-4-14)12(17)9-6-10(15)8-11(16)7-9/h6-8,14-16H,2-5H2,1H3. The normalized spacial score (nSPS) is 10.3. The Morgan fingerprint density at radius 2 is 1.83 bits per heavy atom. The number of hydrogen-bond acceptors (Lipinski definition) is 5. The lowest BCUT2D eigenvalue weighted by molar-refractivity contribution is 0.0655. The van der Waals surface area contributed by atoms with Crippen LogP contribution in [0.25, 0.3) is 0 Å². The van der Waals surface area contributed by atoms with Gasteiger partial charge in [-0.1, -0.05) is 0 Å². The molecule has 1 aromatic carbocycles. The number of benzene rings is 1. The number of phenolic OH excluding ortho intramolecular Hbond substituents is 2. The van der Waals surface area contributed by atoms with Gasteiger partial charge in [-0.25, -0.2) is 0 Å². The van der Waals surface area contributed by atoms with E-state index >= 15 is 0 Å². The molecule has 0 heterocycles. The highest BCUT2D eigenvalue weighted by atomic mass is 16.5. The second-order valence-corrected chi connectivity index (χ2v) is 3.75. The highest BCUT2D eigenvalue weighted by Crippen LogP contribution is 2.21. The third-order valence-electron chi connectivity index (χ3n) is 2.37. The van der Waals surface area contributed by atoms with Crippen LogP contribution in [-0.4, -0.2) is 59.5 Å². The molecule has 0 saturated heterocycles. The zero-order valence-electron chi connectivity index (χ0n) is 10.2. The monoisotopic (exact) mass is 255 g/mol. The summed E-state index contributed by atoms with van der Waals surface area (Å²) in [7, 11) is 1.52. The molecule has 1 rings (SSSR count). The van der Waals surface area contributed by atoms with Crippen LogP contribution in [-0.2, 0) is 4.74 Å². The number of amides is 1. The van der Waals surface area contributed by atoms with Crippen LogP contribution in [0.15, 0.2) is 18.2 Å². The van der Waals surface area contributed by atoms with Gasteiger partial charge in [0.1, 0.15) is 11.5 Å². The van der Waals surface area contributed by atoms with Gasteiger partial charge in [0.2, 0.25) is 0 Å². The predicted octanol–water partition coefficient (Wildman–Crippen LogP) is 0.179. The van der Waals surface area contributed by atoms with Gasteiger partial charge in [0.15, 0.2) is 0 Å². The van der Waals surface area contributed by atoms with Crippen molar-refractivity contribution in [2.75, 3.05) is 33.4 Å². The summed E-state index contributed by atoms with van der Waals surface area (Å²) < 4.78 is 4.88. The average Bonchev–Trinajstić information content (AvgIpc) is 2.32. The molecule has 1 amide bonds. The van der Waals surface area contributed by atoms with Crippen molar-refractivity contribution in [1.29, 1.82) is 0 Å². The van der Waals surface area contributed by atoms with Gasteiger partial charge in [-0.3, -0.25) is 4.79 Å². The number of nitrogens with zero attached hydrogens (tertiary/aromatic N) is 1. The fourth-order valence-corrected chi connectivity index (χ4v) is 1.54. The molecule has 0 fully saturated rings. The number of phenols is 2. The summed E-state index contributed by atoms with van der Waals surface area (Å²) in [5.74, 6) is -0.754. The van der Waals surface area contributed by atoms with Gasteiger partial charge in [0.25, 0.3) is 5.91 Å². The largest absolute Gasteiger partial charge is 0.508 e. The summed E-state index contributed by atoms with van der Waals surface area (Å²) in [4.78, 5) is 13.5. The van der Waals surface area contributed by atoms with Crippen molar-refractivity contribution >= 4 is 5.91 Å². The Bertz CT molecular complexity index is 387. The molecule has 0 aliphatic rings. The van der Waals surface area contributed by atoms with E-state index in [1.54, 1.807) is 0 Å². The molecule has 6 nitrogen and oxygen atoms in total. The number of carbonyl (C=O) groups excluding carboxylic acids is 1. The van der Waals surface area contributed by atoms with E-state index in [0.29, 0.717) is 13.2 Å². The average molecular weight is 255 g/mol. The second kappa shape index (κ2) is 6.83. The lowest BCUT2D eigenvalue weighted by Crippen LogP contribution is -2.36. The zero-order valence-corrected chi connectivity index (χ0v) is 10.2. The first kappa shape index (κ1) is 14.3. The molecule has 1 aromatic rings. The van der Waals surface area contributed by atoms with E-state index in [1.807, 2.05) is 0 Å². The minimum atomic E-state index is -0.382. The van der Waals surface area contributed by atoms with Gasteiger partial charge in [0, 0.05) is 31.8 Å². The van der Waals surface area contributed by atoms with Crippen LogP contribution in [0.5, 0.6) is 11.5 Å². The van der Waals surface area contributed by atoms with Gasteiger partial charge in [-0.05, 0) is 12.1 Å². The number of aromatic hydroxyl groups is 2. The quantitative estimate of drug-likeness (QED) is 0.674. The van der Waals surface area contributed by atoms with Crippen LogP contribution >= 0.6 is 0 Å². The number of rotatable bonds is 6. The molecule has 100 valence electrons. The molecule has 0 aliphatic heterocycles. The summed E-state index contributed by atoms with van der Waals surface area (Å²) in [5, 5.41) is 27.6. The van der Waals surface area contributed by atoms with Gasteiger partial charge in [0.05, 0.1) is 13.2 Å². The van der Waals surface area contributed by atoms with Gasteiger partial charge < -0.3 is 25.0 Å². The smallest absolute Gasteiger partial charge is 0.254 e. The SMILES string of the molecule is COCCN(CCO)C(=O)c1cc(O)cc(O)c1. The Hall–Kier alpha value is -1.79. The van der Waals surface area contributed by atoms with Crippen LogP contribution in [0.3, 0.4) is 0 Å². The van der Waals surface area contributed by atoms with Gasteiger partial charge in [-0.15, -0.1) is 0 Å². The molecular weight excluding hydrogens is 238 g/mol. The Labute approximate surface area is 105 Å². The molecule has 0 spiro atoms. The molecule has 3 N–H and O–H groups in total. The van der Waals surface area contributed by atoms with E-state index in [9.17, 15) is 15.0 Å². The number of carbonyl (C=O) groups is 1. The summed E-state index contributed by atoms with van der Waals surface area (Å²) in [6.07, 6.45) is 0. The van der Waals surface area contributed by atoms with E-state index in [4.69, 9.17) is 9.84 Å². The molecule has 18 heavy (non-hydrogen) atoms. The Balaban J connectivity index is 2.86. The molecule has 6 heteroatoms. The third-order valence-corrected chi connectivity index (χ3v) is 2.37. The molecular formula is C12H17NO5. The molecule has 0 aliphatic carbocycles. The maximum Gasteiger partial charge on any atom is 0.254 e. The van der Waals surface area contributed by atoms with Crippen LogP contribution in [0.2, 0.25) is 0 Å². The van der Waals surface area contributed by atoms with E-state index in [1.165, 1.54) is 24.1 Å². The van der Waals surface area contributed by atoms with Crippen LogP contribution < -0.4 is 0 Å². The van der Waals surface area contributed by atoms with Gasteiger partial charge >= 0.3 is 0 Å². The van der Waals surface area contributed by atoms with Crippen molar-refractivity contribution in [3.05, 3.63) is 23.8 Å². The zero-order chi connectivity index (χ0) is 13.5. The maximum atomic E-state index is 12.1. The van der Waals surface area contributed by atoms with Gasteiger partial charge in [-0.2, -0.15) is 0 Å². The fourth-order valence-electron chi connectivity index (χ4n) is 1.54. The van der Waals surface area contributed by atoms with E-state index < -0.39 is 0 Å². The third kappa shape index (κ3) is 3.90. The first-order valence-electron chi connectivity index (χ1n) is 5.50. The van der Waals surface area contributed by atoms with E-state index in [0.717, 1.165) is 6.07 Å². The number of aliphatic hydroxyl groups excluding tert-OH is 1. The van der Waals surface area contributed by atoms with Crippen molar-refractivity contribution in [2.45, 2.75) is 0 Å². The van der Waals surface area contributed by atoms with Crippen LogP contribution in [0.4, 0.5) is 0 Å². The van der Waals surface area contributed by atoms with Crippen molar-refractivity contribution in [3.8, 4) is 11.5 Å². The first-order chi connectivity index (χ1) is 8.58. The lowest BCUT2D eigenvalue weighted by Gasteiger charge is -2.21. The lowest BCUT2D eigenvalue weighted by atomic mass is 10.1. The summed E-state index contributed by atoms with van der Waals surface area (Å²) in [5.41, 5.74) is 0.164. The number of hydrogen-bond donors (Lipinski definition) is 3. The molecule has 0 aromatic heterocycles. The topological polar surface area (TPSA) is 90.2 Å². The Kier molecular flexibility index (Phi) is 5.41. The fraction of sp³-hybridized carbons (Fsp3) is 0.417. The number of ether oxygens (including phenoxy) is 1. The van der Waals surface area contributed by atoms with E-state index in [-0.39, 0.29) is 36.1 Å². The Morgan fingerprint density at radius 3 is 2.33 bits per heavy atom. The van der Waals surface area contributed by atoms with Crippen molar-refractivity contribution in [1.82, 2.24) is 4.90 Å². The maximum absolute atomic E-state index is 12.1. The van der Waals surface area contributed by atoms with Crippen LogP contribution in [0, 0.1) is 0 Å².